The van der Waals surface area contributed by atoms with Crippen molar-refractivity contribution in [2.24, 2.45) is 5.92 Å². The van der Waals surface area contributed by atoms with Crippen LogP contribution in [0.5, 0.6) is 11.5 Å². The Morgan fingerprint density at radius 1 is 0.927 bits per heavy atom. The van der Waals surface area contributed by atoms with Gasteiger partial charge in [-0.2, -0.15) is 0 Å². The summed E-state index contributed by atoms with van der Waals surface area (Å²) < 4.78 is 10.9. The largest absolute Gasteiger partial charge is 0.497 e. The number of thiazole rings is 1. The number of nitrogens with zero attached hydrogens (tertiary/aromatic N) is 1. The van der Waals surface area contributed by atoms with E-state index in [-0.39, 0.29) is 29.2 Å². The molecule has 208 valence electrons. The fourth-order valence-electron chi connectivity index (χ4n) is 5.12. The number of H-pyrrole nitrogens is 1. The molecule has 6 rings (SSSR count). The van der Waals surface area contributed by atoms with E-state index < -0.39 is 17.1 Å². The number of hydrogen-bond donors (Lipinski definition) is 2. The topological polar surface area (TPSA) is 118 Å². The van der Waals surface area contributed by atoms with E-state index in [0.717, 1.165) is 27.3 Å². The number of thioether (sulfide) groups is 1. The lowest BCUT2D eigenvalue weighted by Gasteiger charge is -2.29. The molecule has 0 aliphatic carbocycles. The number of aryl methyl sites for hydroxylation is 1. The maximum atomic E-state index is 13.8. The van der Waals surface area contributed by atoms with E-state index in [1.807, 2.05) is 43.3 Å². The van der Waals surface area contributed by atoms with Gasteiger partial charge in [-0.25, -0.2) is 4.90 Å². The summed E-state index contributed by atoms with van der Waals surface area (Å²) in [5.74, 6) is -1.03. The smallest absolute Gasteiger partial charge is 0.305 e. The molecule has 3 aromatic carbocycles. The number of methoxy groups -OCH3 is 1. The van der Waals surface area contributed by atoms with Crippen LogP contribution in [0.15, 0.2) is 82.6 Å². The third-order valence-corrected chi connectivity index (χ3v) is 9.50. The Balaban J connectivity index is 1.23. The molecule has 2 unspecified atom stereocenters. The minimum Gasteiger partial charge on any atom is -0.497 e. The number of carbonyl (C=O) groups excluding carboxylic acids is 3. The molecule has 0 bridgehead atoms. The highest BCUT2D eigenvalue weighted by Gasteiger charge is 2.56. The van der Waals surface area contributed by atoms with Gasteiger partial charge in [-0.3, -0.25) is 19.2 Å². The molecule has 3 atom stereocenters. The maximum Gasteiger partial charge on any atom is 0.305 e. The Morgan fingerprint density at radius 2 is 1.61 bits per heavy atom. The van der Waals surface area contributed by atoms with E-state index in [1.165, 1.54) is 16.7 Å². The minimum absolute atomic E-state index is 0.175. The Kier molecular flexibility index (Phi) is 7.14. The number of hydrogen-bond acceptors (Lipinski definition) is 8. The van der Waals surface area contributed by atoms with E-state index in [9.17, 15) is 19.2 Å². The quantitative estimate of drug-likeness (QED) is 0.304. The van der Waals surface area contributed by atoms with Crippen LogP contribution in [0.4, 0.5) is 11.4 Å². The van der Waals surface area contributed by atoms with Crippen molar-refractivity contribution in [2.45, 2.75) is 23.1 Å². The number of anilines is 2. The van der Waals surface area contributed by atoms with Gasteiger partial charge in [-0.1, -0.05) is 52.9 Å². The van der Waals surface area contributed by atoms with Gasteiger partial charge in [0.05, 0.1) is 23.7 Å². The van der Waals surface area contributed by atoms with E-state index in [4.69, 9.17) is 9.47 Å². The fraction of sp³-hybridized carbons (Fsp3) is 0.200. The van der Waals surface area contributed by atoms with Crippen molar-refractivity contribution in [3.8, 4) is 11.5 Å². The van der Waals surface area contributed by atoms with Gasteiger partial charge >= 0.3 is 4.87 Å². The molecule has 1 saturated heterocycles. The second-order valence-corrected chi connectivity index (χ2v) is 11.9. The van der Waals surface area contributed by atoms with Crippen LogP contribution < -0.4 is 24.6 Å². The molecule has 3 amide bonds. The molecule has 0 radical (unpaired) electrons. The van der Waals surface area contributed by atoms with Crippen LogP contribution in [0.1, 0.15) is 21.9 Å². The molecule has 3 heterocycles. The number of aromatic amines is 1. The first kappa shape index (κ1) is 26.9. The standard InChI is InChI=1S/C30H25N3O6S2/c1-16-3-7-18(8-4-16)31-22(34)15-39-21-11-5-17(6-12-21)23-24-26(40-27-25(23)41-30(37)32-27)29(36)33(28(24)35)19-9-13-20(38-2)14-10-19/h3-14,23-24,26H,15H2,1-2H3,(H,31,34)(H,32,37)/t23-,24?,26?/m1/s1. The lowest BCUT2D eigenvalue weighted by Crippen LogP contribution is -2.32. The number of fused-ring (bicyclic) bond motifs is 2. The van der Waals surface area contributed by atoms with E-state index in [0.29, 0.717) is 27.9 Å². The summed E-state index contributed by atoms with van der Waals surface area (Å²) >= 11 is 2.28. The average Bonchev–Trinajstić information content (AvgIpc) is 3.47. The summed E-state index contributed by atoms with van der Waals surface area (Å²) in [6.45, 7) is 1.80. The lowest BCUT2D eigenvalue weighted by molar-refractivity contribution is -0.122. The molecule has 41 heavy (non-hydrogen) atoms. The van der Waals surface area contributed by atoms with E-state index in [2.05, 4.69) is 10.3 Å². The summed E-state index contributed by atoms with van der Waals surface area (Å²) in [5.41, 5.74) is 3.02. The van der Waals surface area contributed by atoms with Gasteiger partial charge in [0.1, 0.15) is 16.7 Å². The molecule has 9 nitrogen and oxygen atoms in total. The minimum atomic E-state index is -0.694. The first-order valence-corrected chi connectivity index (χ1v) is 14.5. The molecule has 2 aliphatic heterocycles. The predicted octanol–water partition coefficient (Wildman–Crippen LogP) is 4.57. The summed E-state index contributed by atoms with van der Waals surface area (Å²) in [6.07, 6.45) is 0. The first-order chi connectivity index (χ1) is 19.8. The second kappa shape index (κ2) is 10.9. The zero-order valence-electron chi connectivity index (χ0n) is 22.1. The normalized spacial score (nSPS) is 19.5. The number of nitrogens with one attached hydrogen (secondary N) is 2. The zero-order chi connectivity index (χ0) is 28.7. The van der Waals surface area contributed by atoms with Crippen LogP contribution in [0.25, 0.3) is 0 Å². The van der Waals surface area contributed by atoms with Crippen LogP contribution in [-0.2, 0) is 14.4 Å². The van der Waals surface area contributed by atoms with Crippen molar-refractivity contribution in [2.75, 3.05) is 23.9 Å². The SMILES string of the molecule is COc1ccc(N2C(=O)C3Sc4[nH]c(=O)sc4[C@H](c4ccc(OCC(=O)Nc5ccc(C)cc5)cc4)C3C2=O)cc1. The molecule has 1 aromatic heterocycles. The molecule has 2 N–H and O–H groups in total. The Morgan fingerprint density at radius 3 is 2.29 bits per heavy atom. The van der Waals surface area contributed by atoms with Crippen LogP contribution in [0.3, 0.4) is 0 Å². The summed E-state index contributed by atoms with van der Waals surface area (Å²) in [5, 5.41) is 2.72. The van der Waals surface area contributed by atoms with Gasteiger partial charge in [-0.15, -0.1) is 0 Å². The molecule has 4 aromatic rings. The van der Waals surface area contributed by atoms with Crippen LogP contribution >= 0.6 is 23.1 Å². The number of benzene rings is 3. The van der Waals surface area contributed by atoms with Gasteiger partial charge < -0.3 is 19.8 Å². The average molecular weight is 588 g/mol. The first-order valence-electron chi connectivity index (χ1n) is 12.8. The molecule has 0 spiro atoms. The molecule has 0 saturated carbocycles. The van der Waals surface area contributed by atoms with Crippen LogP contribution in [0, 0.1) is 12.8 Å². The van der Waals surface area contributed by atoms with Gasteiger partial charge in [-0.05, 0) is 61.0 Å². The highest BCUT2D eigenvalue weighted by molar-refractivity contribution is 8.00. The number of imide groups is 1. The van der Waals surface area contributed by atoms with Gasteiger partial charge in [0.15, 0.2) is 6.61 Å². The van der Waals surface area contributed by atoms with Crippen molar-refractivity contribution >= 4 is 52.2 Å². The van der Waals surface area contributed by atoms with Crippen molar-refractivity contribution in [1.29, 1.82) is 0 Å². The third kappa shape index (κ3) is 5.14. The number of carbonyl (C=O) groups is 3. The Bertz CT molecular complexity index is 1680. The number of ether oxygens (including phenoxy) is 2. The predicted molar refractivity (Wildman–Crippen MR) is 157 cm³/mol. The van der Waals surface area contributed by atoms with E-state index >= 15 is 0 Å². The molecule has 11 heteroatoms. The van der Waals surface area contributed by atoms with Crippen molar-refractivity contribution < 1.29 is 23.9 Å². The van der Waals surface area contributed by atoms with Crippen LogP contribution in [-0.4, -0.2) is 41.7 Å². The number of rotatable bonds is 7. The summed E-state index contributed by atoms with van der Waals surface area (Å²) in [6, 6.07) is 21.3. The number of amides is 3. The summed E-state index contributed by atoms with van der Waals surface area (Å²) in [4.78, 5) is 56.6. The highest BCUT2D eigenvalue weighted by atomic mass is 32.2. The molecule has 2 aliphatic rings. The third-order valence-electron chi connectivity index (χ3n) is 7.10. The van der Waals surface area contributed by atoms with Crippen molar-refractivity contribution in [1.82, 2.24) is 4.98 Å². The Labute approximate surface area is 243 Å². The van der Waals surface area contributed by atoms with Crippen LogP contribution in [0.2, 0.25) is 0 Å². The van der Waals surface area contributed by atoms with Gasteiger partial charge in [0.25, 0.3) is 5.91 Å². The monoisotopic (exact) mass is 587 g/mol. The van der Waals surface area contributed by atoms with Gasteiger partial charge in [0.2, 0.25) is 11.8 Å². The Hall–Kier alpha value is -4.35. The number of aromatic nitrogens is 1. The molecular formula is C30H25N3O6S2. The molecular weight excluding hydrogens is 562 g/mol. The summed E-state index contributed by atoms with van der Waals surface area (Å²) in [7, 11) is 1.55. The zero-order valence-corrected chi connectivity index (χ0v) is 23.7. The van der Waals surface area contributed by atoms with E-state index in [1.54, 1.807) is 43.5 Å². The van der Waals surface area contributed by atoms with Gasteiger partial charge in [0, 0.05) is 16.5 Å². The fourth-order valence-corrected chi connectivity index (χ4v) is 7.63. The second-order valence-electron chi connectivity index (χ2n) is 9.73. The molecule has 1 fully saturated rings. The lowest BCUT2D eigenvalue weighted by atomic mass is 9.83. The highest BCUT2D eigenvalue weighted by Crippen LogP contribution is 2.53. The van der Waals surface area contributed by atoms with Crippen molar-refractivity contribution in [3.05, 3.63) is 98.5 Å². The van der Waals surface area contributed by atoms with Crippen molar-refractivity contribution in [3.63, 3.8) is 0 Å². The maximum absolute atomic E-state index is 13.8.